The van der Waals surface area contributed by atoms with Gasteiger partial charge in [-0.15, -0.1) is 0 Å². The van der Waals surface area contributed by atoms with E-state index in [1.54, 1.807) is 10.9 Å². The van der Waals surface area contributed by atoms with Gasteiger partial charge in [0.1, 0.15) is 0 Å². The first kappa shape index (κ1) is 10.2. The number of hydrogen-bond donors (Lipinski definition) is 2. The molecule has 2 aromatic heterocycles. The number of aromatic hydroxyl groups is 1. The fourth-order valence-corrected chi connectivity index (χ4v) is 2.35. The van der Waals surface area contributed by atoms with Gasteiger partial charge >= 0.3 is 5.69 Å². The summed E-state index contributed by atoms with van der Waals surface area (Å²) in [5.74, 6) is 0.0682. The van der Waals surface area contributed by atoms with Crippen molar-refractivity contribution in [3.63, 3.8) is 0 Å². The number of rotatable bonds is 1. The van der Waals surface area contributed by atoms with E-state index in [1.807, 2.05) is 13.8 Å². The van der Waals surface area contributed by atoms with Crippen molar-refractivity contribution in [2.75, 3.05) is 0 Å². The van der Waals surface area contributed by atoms with E-state index in [1.165, 1.54) is 4.57 Å². The van der Waals surface area contributed by atoms with Crippen molar-refractivity contribution in [3.8, 4) is 5.88 Å². The molecule has 0 aliphatic carbocycles. The highest BCUT2D eigenvalue weighted by atomic mass is 16.3. The minimum Gasteiger partial charge on any atom is -0.493 e. The van der Waals surface area contributed by atoms with E-state index < -0.39 is 0 Å². The van der Waals surface area contributed by atoms with Crippen molar-refractivity contribution in [3.05, 3.63) is 33.9 Å². The molecular formula is C11H14N4O2. The average molecular weight is 234 g/mol. The van der Waals surface area contributed by atoms with E-state index in [4.69, 9.17) is 0 Å². The van der Waals surface area contributed by atoms with Crippen LogP contribution in [0.2, 0.25) is 0 Å². The third-order valence-electron chi connectivity index (χ3n) is 3.22. The Morgan fingerprint density at radius 1 is 1.53 bits per heavy atom. The molecule has 0 saturated carbocycles. The fraction of sp³-hybridized carbons (Fsp3) is 0.455. The summed E-state index contributed by atoms with van der Waals surface area (Å²) in [4.78, 5) is 19.4. The lowest BCUT2D eigenvalue weighted by atomic mass is 10.1. The second-order valence-corrected chi connectivity index (χ2v) is 4.61. The topological polar surface area (TPSA) is 75.8 Å². The Morgan fingerprint density at radius 2 is 2.29 bits per heavy atom. The highest BCUT2D eigenvalue weighted by molar-refractivity contribution is 5.32. The first-order valence-electron chi connectivity index (χ1n) is 5.63. The van der Waals surface area contributed by atoms with Gasteiger partial charge < -0.3 is 10.1 Å². The van der Waals surface area contributed by atoms with Gasteiger partial charge in [-0.25, -0.2) is 9.78 Å². The second-order valence-electron chi connectivity index (χ2n) is 4.61. The van der Waals surface area contributed by atoms with E-state index in [-0.39, 0.29) is 17.6 Å². The van der Waals surface area contributed by atoms with E-state index in [2.05, 4.69) is 9.97 Å². The summed E-state index contributed by atoms with van der Waals surface area (Å²) in [5, 5.41) is 10.1. The van der Waals surface area contributed by atoms with Crippen LogP contribution in [0.3, 0.4) is 0 Å². The normalized spacial score (nSPS) is 13.8. The van der Waals surface area contributed by atoms with Gasteiger partial charge in [-0.2, -0.15) is 0 Å². The third-order valence-corrected chi connectivity index (χ3v) is 3.22. The minimum atomic E-state index is -0.159. The van der Waals surface area contributed by atoms with E-state index in [9.17, 15) is 9.90 Å². The van der Waals surface area contributed by atoms with E-state index in [0.717, 1.165) is 11.4 Å². The van der Waals surface area contributed by atoms with Gasteiger partial charge in [0.2, 0.25) is 5.88 Å². The second kappa shape index (κ2) is 3.26. The predicted molar refractivity (Wildman–Crippen MR) is 61.2 cm³/mol. The number of aromatic amines is 1. The summed E-state index contributed by atoms with van der Waals surface area (Å²) < 4.78 is 3.02. The van der Waals surface area contributed by atoms with Crippen molar-refractivity contribution in [1.82, 2.24) is 19.1 Å². The van der Waals surface area contributed by atoms with Gasteiger partial charge in [-0.05, 0) is 13.8 Å². The number of aromatic nitrogens is 4. The van der Waals surface area contributed by atoms with E-state index >= 15 is 0 Å². The van der Waals surface area contributed by atoms with Crippen molar-refractivity contribution >= 4 is 0 Å². The summed E-state index contributed by atoms with van der Waals surface area (Å²) in [6, 6.07) is -0.0492. The highest BCUT2D eigenvalue weighted by Gasteiger charge is 2.26. The van der Waals surface area contributed by atoms with Crippen LogP contribution in [0.5, 0.6) is 5.88 Å². The maximum atomic E-state index is 12.1. The predicted octanol–water partition coefficient (Wildman–Crippen LogP) is 0.612. The SMILES string of the molecule is CC(C)n1c(O)c2n(c1=O)Cc1[nH]cnc1C2. The van der Waals surface area contributed by atoms with Crippen LogP contribution in [0.25, 0.3) is 0 Å². The largest absolute Gasteiger partial charge is 0.493 e. The summed E-state index contributed by atoms with van der Waals surface area (Å²) in [6.45, 7) is 4.21. The number of fused-ring (bicyclic) bond motifs is 2. The molecule has 1 aliphatic rings. The van der Waals surface area contributed by atoms with Crippen molar-refractivity contribution < 1.29 is 5.11 Å². The summed E-state index contributed by atoms with van der Waals surface area (Å²) in [5.41, 5.74) is 2.35. The third kappa shape index (κ3) is 1.26. The number of nitrogens with one attached hydrogen (secondary N) is 1. The molecule has 0 fully saturated rings. The van der Waals surface area contributed by atoms with Crippen LogP contribution in [-0.2, 0) is 13.0 Å². The van der Waals surface area contributed by atoms with Crippen LogP contribution in [0.15, 0.2) is 11.1 Å². The molecule has 2 aromatic rings. The first-order chi connectivity index (χ1) is 8.09. The Bertz CT molecular complexity index is 632. The molecule has 0 saturated heterocycles. The molecule has 6 heteroatoms. The molecule has 3 rings (SSSR count). The summed E-state index contributed by atoms with van der Waals surface area (Å²) in [7, 11) is 0. The molecule has 0 spiro atoms. The van der Waals surface area contributed by atoms with Crippen LogP contribution in [-0.4, -0.2) is 24.2 Å². The zero-order valence-electron chi connectivity index (χ0n) is 9.77. The van der Waals surface area contributed by atoms with Gasteiger partial charge in [0.15, 0.2) is 0 Å². The van der Waals surface area contributed by atoms with Gasteiger partial charge in [-0.1, -0.05) is 0 Å². The molecule has 17 heavy (non-hydrogen) atoms. The first-order valence-corrected chi connectivity index (χ1v) is 5.63. The van der Waals surface area contributed by atoms with Crippen LogP contribution in [0.4, 0.5) is 0 Å². The number of nitrogens with zero attached hydrogens (tertiary/aromatic N) is 3. The van der Waals surface area contributed by atoms with Crippen LogP contribution < -0.4 is 5.69 Å². The van der Waals surface area contributed by atoms with Gasteiger partial charge in [0.05, 0.1) is 30.0 Å². The summed E-state index contributed by atoms with van der Waals surface area (Å²) in [6.07, 6.45) is 2.12. The molecule has 2 N–H and O–H groups in total. The highest BCUT2D eigenvalue weighted by Crippen LogP contribution is 2.27. The molecular weight excluding hydrogens is 220 g/mol. The molecule has 1 aliphatic heterocycles. The average Bonchev–Trinajstić information content (AvgIpc) is 2.81. The molecule has 0 unspecified atom stereocenters. The monoisotopic (exact) mass is 234 g/mol. The quantitative estimate of drug-likeness (QED) is 0.647. The maximum Gasteiger partial charge on any atom is 0.331 e. The molecule has 90 valence electrons. The summed E-state index contributed by atoms with van der Waals surface area (Å²) >= 11 is 0. The smallest absolute Gasteiger partial charge is 0.331 e. The van der Waals surface area contributed by atoms with Gasteiger partial charge in [0, 0.05) is 12.5 Å². The Morgan fingerprint density at radius 3 is 3.00 bits per heavy atom. The standard InChI is InChI=1S/C11H14N4O2/c1-6(2)15-10(16)9-3-7-8(13-5-12-7)4-14(9)11(15)17/h5-6,16H,3-4H2,1-2H3,(H,12,13). The van der Waals surface area contributed by atoms with Gasteiger partial charge in [-0.3, -0.25) is 9.13 Å². The molecule has 0 radical (unpaired) electrons. The van der Waals surface area contributed by atoms with E-state index in [0.29, 0.717) is 18.7 Å². The Labute approximate surface area is 97.5 Å². The number of hydrogen-bond acceptors (Lipinski definition) is 3. The molecule has 3 heterocycles. The van der Waals surface area contributed by atoms with Crippen LogP contribution in [0.1, 0.15) is 37.0 Å². The lowest BCUT2D eigenvalue weighted by Gasteiger charge is -2.12. The molecule has 6 nitrogen and oxygen atoms in total. The Balaban J connectivity index is 2.21. The minimum absolute atomic E-state index is 0.0492. The zero-order valence-corrected chi connectivity index (χ0v) is 9.77. The zero-order chi connectivity index (χ0) is 12.2. The lowest BCUT2D eigenvalue weighted by molar-refractivity contribution is 0.391. The fourth-order valence-electron chi connectivity index (χ4n) is 2.35. The molecule has 0 bridgehead atoms. The number of imidazole rings is 2. The van der Waals surface area contributed by atoms with Crippen LogP contribution in [0, 0.1) is 0 Å². The molecule has 0 aromatic carbocycles. The van der Waals surface area contributed by atoms with Crippen molar-refractivity contribution in [2.24, 2.45) is 0 Å². The Hall–Kier alpha value is -1.98. The molecule has 0 amide bonds. The maximum absolute atomic E-state index is 12.1. The Kier molecular flexibility index (Phi) is 1.95. The van der Waals surface area contributed by atoms with Crippen molar-refractivity contribution in [1.29, 1.82) is 0 Å². The van der Waals surface area contributed by atoms with Crippen molar-refractivity contribution in [2.45, 2.75) is 32.9 Å². The van der Waals surface area contributed by atoms with Crippen LogP contribution >= 0.6 is 0 Å². The number of H-pyrrole nitrogens is 1. The molecule has 0 atom stereocenters. The lowest BCUT2D eigenvalue weighted by Crippen LogP contribution is -2.28. The van der Waals surface area contributed by atoms with Gasteiger partial charge in [0.25, 0.3) is 0 Å².